The average Bonchev–Trinajstić information content (AvgIpc) is 3.19. The highest BCUT2D eigenvalue weighted by Gasteiger charge is 2.42. The molecular weight excluding hydrogens is 296 g/mol. The van der Waals surface area contributed by atoms with Gasteiger partial charge in [-0.2, -0.15) is 5.10 Å². The molecule has 2 aromatic heterocycles. The van der Waals surface area contributed by atoms with Crippen LogP contribution in [0.3, 0.4) is 0 Å². The van der Waals surface area contributed by atoms with Gasteiger partial charge < -0.3 is 5.11 Å². The molecule has 5 nitrogen and oxygen atoms in total. The topological polar surface area (TPSA) is 54.2 Å². The van der Waals surface area contributed by atoms with Crippen LogP contribution in [0, 0.1) is 18.8 Å². The molecule has 0 unspecified atom stereocenters. The van der Waals surface area contributed by atoms with Crippen molar-refractivity contribution in [2.24, 2.45) is 11.8 Å². The van der Waals surface area contributed by atoms with E-state index in [-0.39, 0.29) is 12.1 Å². The number of likely N-dealkylation sites (tertiary alicyclic amines) is 1. The van der Waals surface area contributed by atoms with E-state index in [9.17, 15) is 5.11 Å². The first-order valence-electron chi connectivity index (χ1n) is 7.98. The molecule has 0 amide bonds. The summed E-state index contributed by atoms with van der Waals surface area (Å²) in [7, 11) is 0. The van der Waals surface area contributed by atoms with Gasteiger partial charge in [-0.05, 0) is 37.2 Å². The van der Waals surface area contributed by atoms with E-state index >= 15 is 0 Å². The Morgan fingerprint density at radius 1 is 1.32 bits per heavy atom. The normalized spacial score (nSPS) is 32.3. The summed E-state index contributed by atoms with van der Waals surface area (Å²) in [6.07, 6.45) is 7.45. The third-order valence-corrected chi connectivity index (χ3v) is 5.86. The largest absolute Gasteiger partial charge is 0.391 e. The highest BCUT2D eigenvalue weighted by Crippen LogP contribution is 2.41. The van der Waals surface area contributed by atoms with E-state index in [1.54, 1.807) is 11.3 Å². The third-order valence-electron chi connectivity index (χ3n) is 5.10. The van der Waals surface area contributed by atoms with E-state index in [2.05, 4.69) is 21.2 Å². The third kappa shape index (κ3) is 2.71. The fourth-order valence-corrected chi connectivity index (χ4v) is 4.71. The quantitative estimate of drug-likeness (QED) is 0.941. The number of aromatic nitrogens is 3. The molecule has 2 aromatic rings. The fraction of sp³-hybridized carbons (Fsp3) is 0.625. The molecule has 0 spiro atoms. The summed E-state index contributed by atoms with van der Waals surface area (Å²) >= 11 is 1.73. The van der Waals surface area contributed by atoms with Crippen LogP contribution in [0.4, 0.5) is 0 Å². The lowest BCUT2D eigenvalue weighted by Gasteiger charge is -2.35. The summed E-state index contributed by atoms with van der Waals surface area (Å²) in [6.45, 7) is 5.21. The Labute approximate surface area is 134 Å². The number of nitrogens with zero attached hydrogens (tertiary/aromatic N) is 4. The molecule has 1 N–H and O–H groups in total. The minimum atomic E-state index is -0.277. The van der Waals surface area contributed by atoms with Crippen molar-refractivity contribution in [3.05, 3.63) is 34.5 Å². The molecular formula is C16H22N4OS. The molecule has 0 bridgehead atoms. The molecule has 1 saturated heterocycles. The molecule has 2 fully saturated rings. The number of aliphatic hydroxyl groups is 1. The number of hydrogen-bond donors (Lipinski definition) is 1. The second-order valence-corrected chi connectivity index (χ2v) is 7.72. The summed E-state index contributed by atoms with van der Waals surface area (Å²) in [5.74, 6) is 1.28. The monoisotopic (exact) mass is 318 g/mol. The summed E-state index contributed by atoms with van der Waals surface area (Å²) in [6, 6.07) is 0.134. The van der Waals surface area contributed by atoms with Crippen LogP contribution in [-0.2, 0) is 6.54 Å². The maximum atomic E-state index is 10.5. The number of aryl methyl sites for hydroxylation is 1. The molecule has 2 aliphatic rings. The molecule has 1 aliphatic heterocycles. The van der Waals surface area contributed by atoms with Gasteiger partial charge in [0.25, 0.3) is 0 Å². The Morgan fingerprint density at radius 2 is 2.14 bits per heavy atom. The second kappa shape index (κ2) is 5.76. The van der Waals surface area contributed by atoms with Crippen LogP contribution in [-0.4, -0.2) is 44.0 Å². The van der Waals surface area contributed by atoms with E-state index in [0.29, 0.717) is 11.8 Å². The molecule has 4 rings (SSSR count). The summed E-state index contributed by atoms with van der Waals surface area (Å²) < 4.78 is 1.97. The Kier molecular flexibility index (Phi) is 3.76. The second-order valence-electron chi connectivity index (χ2n) is 6.74. The average molecular weight is 318 g/mol. The highest BCUT2D eigenvalue weighted by atomic mass is 32.1. The fourth-order valence-electron chi connectivity index (χ4n) is 4.05. The minimum absolute atomic E-state index is 0.134. The van der Waals surface area contributed by atoms with Gasteiger partial charge >= 0.3 is 0 Å². The van der Waals surface area contributed by atoms with Gasteiger partial charge in [0.2, 0.25) is 0 Å². The Balaban J connectivity index is 1.44. The van der Waals surface area contributed by atoms with E-state index in [1.165, 1.54) is 5.01 Å². The van der Waals surface area contributed by atoms with Gasteiger partial charge in [-0.25, -0.2) is 4.98 Å². The number of fused-ring (bicyclic) bond motifs is 1. The Hall–Kier alpha value is -1.24. The van der Waals surface area contributed by atoms with Gasteiger partial charge in [0.15, 0.2) is 0 Å². The SMILES string of the molecule is Cc1cnn([C@H]2C[C@H]3CN(Cc4nccs4)C[C@H]3C[C@@H]2O)c1. The Morgan fingerprint density at radius 3 is 2.82 bits per heavy atom. The zero-order valence-corrected chi connectivity index (χ0v) is 13.6. The van der Waals surface area contributed by atoms with Crippen LogP contribution in [0.15, 0.2) is 24.0 Å². The predicted octanol–water partition coefficient (Wildman–Crippen LogP) is 2.09. The van der Waals surface area contributed by atoms with E-state index < -0.39 is 0 Å². The predicted molar refractivity (Wildman–Crippen MR) is 85.6 cm³/mol. The molecule has 3 heterocycles. The maximum absolute atomic E-state index is 10.5. The van der Waals surface area contributed by atoms with Crippen molar-refractivity contribution in [2.45, 2.75) is 38.5 Å². The van der Waals surface area contributed by atoms with Crippen molar-refractivity contribution in [3.8, 4) is 0 Å². The first-order chi connectivity index (χ1) is 10.7. The first kappa shape index (κ1) is 14.4. The Bertz CT molecular complexity index is 626. The van der Waals surface area contributed by atoms with Crippen molar-refractivity contribution in [3.63, 3.8) is 0 Å². The molecule has 0 aromatic carbocycles. The lowest BCUT2D eigenvalue weighted by molar-refractivity contribution is 0.0306. The van der Waals surface area contributed by atoms with Crippen molar-refractivity contribution in [1.29, 1.82) is 0 Å². The molecule has 22 heavy (non-hydrogen) atoms. The summed E-state index contributed by atoms with van der Waals surface area (Å²) in [5, 5.41) is 18.2. The maximum Gasteiger partial charge on any atom is 0.107 e. The standard InChI is InChI=1S/C16H22N4OS/c1-11-6-18-20(7-11)14-4-12-8-19(9-13(12)5-15(14)21)10-16-17-2-3-22-16/h2-3,6-7,12-15,21H,4-5,8-10H2,1H3/t12-,13+,14-,15-/m0/s1. The van der Waals surface area contributed by atoms with Gasteiger partial charge in [-0.1, -0.05) is 0 Å². The number of hydrogen-bond acceptors (Lipinski definition) is 5. The van der Waals surface area contributed by atoms with Gasteiger partial charge in [0.05, 0.1) is 24.9 Å². The molecule has 1 saturated carbocycles. The van der Waals surface area contributed by atoms with Gasteiger partial charge in [0, 0.05) is 30.9 Å². The lowest BCUT2D eigenvalue weighted by atomic mass is 9.77. The van der Waals surface area contributed by atoms with Crippen LogP contribution in [0.5, 0.6) is 0 Å². The van der Waals surface area contributed by atoms with Crippen molar-refractivity contribution in [2.75, 3.05) is 13.1 Å². The van der Waals surface area contributed by atoms with E-state index in [1.807, 2.05) is 29.4 Å². The van der Waals surface area contributed by atoms with Crippen LogP contribution in [0.1, 0.15) is 29.5 Å². The summed E-state index contributed by atoms with van der Waals surface area (Å²) in [5.41, 5.74) is 1.16. The molecule has 118 valence electrons. The van der Waals surface area contributed by atoms with Crippen LogP contribution in [0.25, 0.3) is 0 Å². The van der Waals surface area contributed by atoms with Gasteiger partial charge in [-0.3, -0.25) is 9.58 Å². The summed E-state index contributed by atoms with van der Waals surface area (Å²) in [4.78, 5) is 6.89. The lowest BCUT2D eigenvalue weighted by Crippen LogP contribution is -2.36. The van der Waals surface area contributed by atoms with Crippen LogP contribution >= 0.6 is 11.3 Å². The molecule has 0 radical (unpaired) electrons. The van der Waals surface area contributed by atoms with E-state index in [4.69, 9.17) is 0 Å². The first-order valence-corrected chi connectivity index (χ1v) is 8.86. The van der Waals surface area contributed by atoms with E-state index in [0.717, 1.165) is 38.0 Å². The molecule has 1 aliphatic carbocycles. The van der Waals surface area contributed by atoms with Crippen LogP contribution in [0.2, 0.25) is 0 Å². The minimum Gasteiger partial charge on any atom is -0.391 e. The molecule has 4 atom stereocenters. The van der Waals surface area contributed by atoms with Gasteiger partial charge in [0.1, 0.15) is 5.01 Å². The van der Waals surface area contributed by atoms with Crippen molar-refractivity contribution in [1.82, 2.24) is 19.7 Å². The number of aliphatic hydroxyl groups excluding tert-OH is 1. The zero-order chi connectivity index (χ0) is 15.1. The number of thiazole rings is 1. The van der Waals surface area contributed by atoms with Gasteiger partial charge in [-0.15, -0.1) is 11.3 Å². The van der Waals surface area contributed by atoms with Crippen LogP contribution < -0.4 is 0 Å². The smallest absolute Gasteiger partial charge is 0.107 e. The zero-order valence-electron chi connectivity index (χ0n) is 12.8. The van der Waals surface area contributed by atoms with Crippen molar-refractivity contribution >= 4 is 11.3 Å². The molecule has 6 heteroatoms. The van der Waals surface area contributed by atoms with Crippen molar-refractivity contribution < 1.29 is 5.11 Å². The highest BCUT2D eigenvalue weighted by molar-refractivity contribution is 7.09. The number of rotatable bonds is 3.